The Bertz CT molecular complexity index is 1200. The molecule has 1 aromatic heterocycles. The molecule has 0 saturated heterocycles. The maximum atomic E-state index is 12.6. The number of fused-ring (bicyclic) bond motifs is 1. The zero-order valence-corrected chi connectivity index (χ0v) is 21.5. The minimum absolute atomic E-state index is 0. The fraction of sp³-hybridized carbons (Fsp3) is 0.423. The first-order chi connectivity index (χ1) is 17.2. The Labute approximate surface area is 220 Å². The van der Waals surface area contributed by atoms with E-state index in [1.807, 2.05) is 43.3 Å². The maximum absolute atomic E-state index is 12.6. The zero-order chi connectivity index (χ0) is 25.7. The number of halogens is 4. The van der Waals surface area contributed by atoms with Crippen LogP contribution in [0.4, 0.5) is 24.9 Å². The average molecular weight is 538 g/mol. The first kappa shape index (κ1) is 28.3. The lowest BCUT2D eigenvalue weighted by Gasteiger charge is -2.29. The number of ether oxygens (including phenoxy) is 1. The van der Waals surface area contributed by atoms with E-state index in [4.69, 9.17) is 4.98 Å². The van der Waals surface area contributed by atoms with Gasteiger partial charge in [-0.1, -0.05) is 30.3 Å². The molecule has 0 radical (unpaired) electrons. The Morgan fingerprint density at radius 2 is 1.70 bits per heavy atom. The third-order valence-corrected chi connectivity index (χ3v) is 6.32. The van der Waals surface area contributed by atoms with Crippen LogP contribution in [0.1, 0.15) is 31.2 Å². The van der Waals surface area contributed by atoms with Crippen molar-refractivity contribution in [2.75, 3.05) is 30.9 Å². The van der Waals surface area contributed by atoms with Gasteiger partial charge in [0.15, 0.2) is 0 Å². The molecule has 0 unspecified atom stereocenters. The summed E-state index contributed by atoms with van der Waals surface area (Å²) in [5.41, 5.74) is 1.09. The second kappa shape index (κ2) is 12.3. The molecule has 1 heterocycles. The number of benzene rings is 2. The lowest BCUT2D eigenvalue weighted by atomic mass is 9.86. The first-order valence-electron chi connectivity index (χ1n) is 12.0. The number of carbonyl (C=O) groups excluding carboxylic acids is 1. The zero-order valence-electron chi connectivity index (χ0n) is 20.7. The molecule has 4 rings (SSSR count). The number of alkyl halides is 3. The van der Waals surface area contributed by atoms with Crippen LogP contribution in [-0.2, 0) is 11.2 Å². The highest BCUT2D eigenvalue weighted by Crippen LogP contribution is 2.29. The van der Waals surface area contributed by atoms with Gasteiger partial charge in [-0.2, -0.15) is 4.98 Å². The number of hydrogen-bond donors (Lipinski definition) is 2. The predicted molar refractivity (Wildman–Crippen MR) is 140 cm³/mol. The Hall–Kier alpha value is -3.27. The molecule has 1 saturated carbocycles. The van der Waals surface area contributed by atoms with Crippen LogP contribution in [0.25, 0.3) is 10.9 Å². The SMILES string of the molecule is CN(C)c1nc(NC2CCC(CNC(=O)Cc3ccccc3OC(F)(F)F)CC2)nc2ccccc12.Cl. The quantitative estimate of drug-likeness (QED) is 0.403. The fourth-order valence-corrected chi connectivity index (χ4v) is 4.53. The van der Waals surface area contributed by atoms with Gasteiger partial charge in [0, 0.05) is 37.6 Å². The van der Waals surface area contributed by atoms with Crippen LogP contribution in [0.3, 0.4) is 0 Å². The van der Waals surface area contributed by atoms with Crippen LogP contribution in [0.15, 0.2) is 48.5 Å². The predicted octanol–water partition coefficient (Wildman–Crippen LogP) is 5.35. The van der Waals surface area contributed by atoms with E-state index in [-0.39, 0.29) is 42.1 Å². The highest BCUT2D eigenvalue weighted by Gasteiger charge is 2.32. The summed E-state index contributed by atoms with van der Waals surface area (Å²) in [6.45, 7) is 0.491. The average Bonchev–Trinajstić information content (AvgIpc) is 2.83. The molecule has 11 heteroatoms. The summed E-state index contributed by atoms with van der Waals surface area (Å²) in [5.74, 6) is 1.11. The van der Waals surface area contributed by atoms with Crippen molar-refractivity contribution in [1.82, 2.24) is 15.3 Å². The number of para-hydroxylation sites is 2. The number of nitrogens with one attached hydrogen (secondary N) is 2. The first-order valence-corrected chi connectivity index (χ1v) is 12.0. The highest BCUT2D eigenvalue weighted by atomic mass is 35.5. The van der Waals surface area contributed by atoms with Crippen molar-refractivity contribution in [2.45, 2.75) is 44.5 Å². The van der Waals surface area contributed by atoms with E-state index in [0.29, 0.717) is 18.4 Å². The van der Waals surface area contributed by atoms with Gasteiger partial charge >= 0.3 is 6.36 Å². The minimum atomic E-state index is -4.80. The summed E-state index contributed by atoms with van der Waals surface area (Å²) in [5, 5.41) is 7.34. The van der Waals surface area contributed by atoms with E-state index in [2.05, 4.69) is 20.4 Å². The minimum Gasteiger partial charge on any atom is -0.405 e. The van der Waals surface area contributed by atoms with Crippen LogP contribution in [0.5, 0.6) is 5.75 Å². The van der Waals surface area contributed by atoms with E-state index in [9.17, 15) is 18.0 Å². The van der Waals surface area contributed by atoms with E-state index >= 15 is 0 Å². The second-order valence-corrected chi connectivity index (χ2v) is 9.28. The van der Waals surface area contributed by atoms with Gasteiger partial charge in [-0.15, -0.1) is 25.6 Å². The number of nitrogens with zero attached hydrogens (tertiary/aromatic N) is 3. The molecular weight excluding hydrogens is 507 g/mol. The van der Waals surface area contributed by atoms with Crippen molar-refractivity contribution < 1.29 is 22.7 Å². The maximum Gasteiger partial charge on any atom is 0.573 e. The van der Waals surface area contributed by atoms with Gasteiger partial charge in [0.2, 0.25) is 11.9 Å². The Morgan fingerprint density at radius 1 is 1.03 bits per heavy atom. The van der Waals surface area contributed by atoms with Crippen molar-refractivity contribution in [3.8, 4) is 5.75 Å². The molecule has 37 heavy (non-hydrogen) atoms. The topological polar surface area (TPSA) is 79.4 Å². The van der Waals surface area contributed by atoms with Crippen LogP contribution < -0.4 is 20.3 Å². The fourth-order valence-electron chi connectivity index (χ4n) is 4.53. The number of amides is 1. The summed E-state index contributed by atoms with van der Waals surface area (Å²) in [4.78, 5) is 23.7. The summed E-state index contributed by atoms with van der Waals surface area (Å²) < 4.78 is 41.8. The van der Waals surface area contributed by atoms with Crippen molar-refractivity contribution >= 4 is 41.0 Å². The Kier molecular flexibility index (Phi) is 9.42. The van der Waals surface area contributed by atoms with Gasteiger partial charge in [0.25, 0.3) is 0 Å². The number of aromatic nitrogens is 2. The normalized spacial score (nSPS) is 17.5. The van der Waals surface area contributed by atoms with Crippen LogP contribution in [0, 0.1) is 5.92 Å². The molecule has 1 aliphatic carbocycles. The van der Waals surface area contributed by atoms with E-state index < -0.39 is 6.36 Å². The lowest BCUT2D eigenvalue weighted by molar-refractivity contribution is -0.274. The van der Waals surface area contributed by atoms with E-state index in [1.54, 1.807) is 6.07 Å². The van der Waals surface area contributed by atoms with Gasteiger partial charge < -0.3 is 20.3 Å². The molecule has 0 spiro atoms. The van der Waals surface area contributed by atoms with Gasteiger partial charge in [0.05, 0.1) is 11.9 Å². The van der Waals surface area contributed by atoms with E-state index in [0.717, 1.165) is 42.4 Å². The van der Waals surface area contributed by atoms with Crippen LogP contribution >= 0.6 is 12.4 Å². The van der Waals surface area contributed by atoms with Crippen LogP contribution in [-0.4, -0.2) is 48.9 Å². The lowest BCUT2D eigenvalue weighted by Crippen LogP contribution is -2.35. The third kappa shape index (κ3) is 7.85. The molecule has 2 aromatic carbocycles. The number of rotatable bonds is 8. The molecule has 1 aliphatic rings. The third-order valence-electron chi connectivity index (χ3n) is 6.32. The molecule has 1 amide bonds. The van der Waals surface area contributed by atoms with Crippen LogP contribution in [0.2, 0.25) is 0 Å². The molecule has 0 aliphatic heterocycles. The van der Waals surface area contributed by atoms with Crippen molar-refractivity contribution in [3.63, 3.8) is 0 Å². The molecule has 1 fully saturated rings. The van der Waals surface area contributed by atoms with Gasteiger partial charge in [-0.25, -0.2) is 4.98 Å². The Balaban J connectivity index is 0.00000380. The summed E-state index contributed by atoms with van der Waals surface area (Å²) in [6.07, 6.45) is -1.31. The number of hydrogen-bond acceptors (Lipinski definition) is 6. The Morgan fingerprint density at radius 3 is 2.41 bits per heavy atom. The van der Waals surface area contributed by atoms with Crippen molar-refractivity contribution in [3.05, 3.63) is 54.1 Å². The monoisotopic (exact) mass is 537 g/mol. The molecule has 3 aromatic rings. The number of carbonyl (C=O) groups is 1. The van der Waals surface area contributed by atoms with Crippen molar-refractivity contribution in [1.29, 1.82) is 0 Å². The molecular formula is C26H31ClF3N5O2. The molecule has 2 N–H and O–H groups in total. The van der Waals surface area contributed by atoms with Gasteiger partial charge in [-0.05, 0) is 49.8 Å². The standard InChI is InChI=1S/C26H30F3N5O2.ClH/c1-34(2)24-20-8-4-5-9-21(20)32-25(33-24)31-19-13-11-17(12-14-19)16-30-23(35)15-18-7-3-6-10-22(18)36-26(27,28)29;/h3-10,17,19H,11-16H2,1-2H3,(H,30,35)(H,31,32,33);1H. The summed E-state index contributed by atoms with van der Waals surface area (Å²) in [7, 11) is 3.92. The van der Waals surface area contributed by atoms with Gasteiger partial charge in [-0.3, -0.25) is 4.79 Å². The smallest absolute Gasteiger partial charge is 0.405 e. The second-order valence-electron chi connectivity index (χ2n) is 9.28. The van der Waals surface area contributed by atoms with Crippen molar-refractivity contribution in [2.24, 2.45) is 5.92 Å². The summed E-state index contributed by atoms with van der Waals surface area (Å²) in [6, 6.07) is 13.9. The highest BCUT2D eigenvalue weighted by molar-refractivity contribution is 5.90. The largest absolute Gasteiger partial charge is 0.573 e. The molecule has 0 atom stereocenters. The van der Waals surface area contributed by atoms with Gasteiger partial charge in [0.1, 0.15) is 11.6 Å². The van der Waals surface area contributed by atoms with E-state index in [1.165, 1.54) is 18.2 Å². The number of anilines is 2. The molecule has 200 valence electrons. The molecule has 7 nitrogen and oxygen atoms in total. The molecule has 0 bridgehead atoms. The summed E-state index contributed by atoms with van der Waals surface area (Å²) >= 11 is 0.